The van der Waals surface area contributed by atoms with E-state index in [1.165, 1.54) is 5.56 Å². The van der Waals surface area contributed by atoms with Gasteiger partial charge >= 0.3 is 5.97 Å². The highest BCUT2D eigenvalue weighted by atomic mass is 28.3. The van der Waals surface area contributed by atoms with E-state index in [4.69, 9.17) is 9.16 Å². The predicted octanol–water partition coefficient (Wildman–Crippen LogP) is 2.16. The quantitative estimate of drug-likeness (QED) is 0.698. The largest absolute Gasteiger partial charge is 0.521 e. The molecule has 0 aromatic heterocycles. The maximum absolute atomic E-state index is 11.3. The Kier molecular flexibility index (Phi) is 6.58. The second kappa shape index (κ2) is 8.03. The van der Waals surface area contributed by atoms with E-state index >= 15 is 0 Å². The Balaban J connectivity index is 2.21. The number of carbonyl (C=O) groups excluding carboxylic acids is 1. The second-order valence-corrected chi connectivity index (χ2v) is 6.40. The van der Waals surface area contributed by atoms with E-state index in [2.05, 4.69) is 12.1 Å². The van der Waals surface area contributed by atoms with Gasteiger partial charge in [0, 0.05) is 6.61 Å². The van der Waals surface area contributed by atoms with Crippen molar-refractivity contribution < 1.29 is 14.0 Å². The number of aryl methyl sites for hydroxylation is 1. The van der Waals surface area contributed by atoms with E-state index in [0.29, 0.717) is 6.61 Å². The molecule has 0 aliphatic heterocycles. The molecule has 1 unspecified atom stereocenters. The first-order valence-corrected chi connectivity index (χ1v) is 8.47. The molecule has 0 heterocycles. The Morgan fingerprint density at radius 2 is 2.00 bits per heavy atom. The molecule has 0 aliphatic carbocycles. The molecule has 1 rings (SSSR count). The normalized spacial score (nSPS) is 12.1. The van der Waals surface area contributed by atoms with Gasteiger partial charge in [0.25, 0.3) is 0 Å². The van der Waals surface area contributed by atoms with Crippen LogP contribution in [0.2, 0.25) is 12.6 Å². The Bertz CT molecular complexity index is 327. The molecule has 94 valence electrons. The van der Waals surface area contributed by atoms with E-state index in [9.17, 15) is 4.79 Å². The van der Waals surface area contributed by atoms with Crippen LogP contribution < -0.4 is 0 Å². The van der Waals surface area contributed by atoms with Crippen molar-refractivity contribution in [3.05, 3.63) is 35.9 Å². The van der Waals surface area contributed by atoms with Crippen molar-refractivity contribution in [2.45, 2.75) is 25.9 Å². The summed E-state index contributed by atoms with van der Waals surface area (Å²) in [5.74, 6) is -0.223. The molecule has 1 aromatic rings. The average Bonchev–Trinajstić information content (AvgIpc) is 2.35. The molecule has 0 N–H and O–H groups in total. The molecular formula is C13H20O3Si. The van der Waals surface area contributed by atoms with Crippen LogP contribution in [0, 0.1) is 0 Å². The third-order valence-electron chi connectivity index (χ3n) is 2.44. The zero-order chi connectivity index (χ0) is 12.5. The van der Waals surface area contributed by atoms with Crippen molar-refractivity contribution in [3.8, 4) is 0 Å². The lowest BCUT2D eigenvalue weighted by Crippen LogP contribution is -2.22. The molecule has 4 heteroatoms. The maximum Gasteiger partial charge on any atom is 0.318 e. The Morgan fingerprint density at radius 1 is 1.29 bits per heavy atom. The number of carbonyl (C=O) groups is 1. The smallest absolute Gasteiger partial charge is 0.318 e. The summed E-state index contributed by atoms with van der Waals surface area (Å²) in [6, 6.07) is 11.2. The minimum absolute atomic E-state index is 0.0825. The minimum atomic E-state index is -1.40. The molecular weight excluding hydrogens is 232 g/mol. The SMILES string of the molecule is CCOCC(=O)O[SiH](C)CCc1ccccc1. The van der Waals surface area contributed by atoms with Gasteiger partial charge in [0.15, 0.2) is 0 Å². The van der Waals surface area contributed by atoms with Gasteiger partial charge in [-0.15, -0.1) is 0 Å². The number of rotatable bonds is 7. The highest BCUT2D eigenvalue weighted by Gasteiger charge is 2.11. The van der Waals surface area contributed by atoms with E-state index in [1.54, 1.807) is 0 Å². The molecule has 0 saturated heterocycles. The molecule has 1 atom stereocenters. The van der Waals surface area contributed by atoms with Crippen molar-refractivity contribution in [2.75, 3.05) is 13.2 Å². The topological polar surface area (TPSA) is 35.5 Å². The van der Waals surface area contributed by atoms with Crippen molar-refractivity contribution >= 4 is 15.0 Å². The molecule has 0 spiro atoms. The van der Waals surface area contributed by atoms with Gasteiger partial charge in [-0.2, -0.15) is 0 Å². The van der Waals surface area contributed by atoms with Crippen LogP contribution in [0.25, 0.3) is 0 Å². The first-order valence-electron chi connectivity index (χ1n) is 6.03. The number of ether oxygens (including phenoxy) is 1. The van der Waals surface area contributed by atoms with Gasteiger partial charge in [0.1, 0.15) is 6.61 Å². The van der Waals surface area contributed by atoms with Crippen LogP contribution in [0.15, 0.2) is 30.3 Å². The fourth-order valence-corrected chi connectivity index (χ4v) is 2.89. The monoisotopic (exact) mass is 252 g/mol. The highest BCUT2D eigenvalue weighted by molar-refractivity contribution is 6.52. The zero-order valence-electron chi connectivity index (χ0n) is 10.5. The highest BCUT2D eigenvalue weighted by Crippen LogP contribution is 2.06. The molecule has 0 fully saturated rings. The summed E-state index contributed by atoms with van der Waals surface area (Å²) in [7, 11) is -1.40. The Morgan fingerprint density at radius 3 is 2.65 bits per heavy atom. The summed E-state index contributed by atoms with van der Waals surface area (Å²) >= 11 is 0. The minimum Gasteiger partial charge on any atom is -0.521 e. The van der Waals surface area contributed by atoms with Gasteiger partial charge in [0.05, 0.1) is 0 Å². The van der Waals surface area contributed by atoms with E-state index in [1.807, 2.05) is 31.7 Å². The van der Waals surface area contributed by atoms with Gasteiger partial charge in [0.2, 0.25) is 9.04 Å². The molecule has 0 saturated carbocycles. The van der Waals surface area contributed by atoms with Gasteiger partial charge in [-0.05, 0) is 31.5 Å². The molecule has 0 aliphatic rings. The molecule has 0 bridgehead atoms. The first kappa shape index (κ1) is 13.9. The van der Waals surface area contributed by atoms with Gasteiger partial charge in [-0.25, -0.2) is 0 Å². The average molecular weight is 252 g/mol. The summed E-state index contributed by atoms with van der Waals surface area (Å²) in [5.41, 5.74) is 1.30. The maximum atomic E-state index is 11.3. The van der Waals surface area contributed by atoms with Crippen molar-refractivity contribution in [3.63, 3.8) is 0 Å². The van der Waals surface area contributed by atoms with Crippen molar-refractivity contribution in [1.82, 2.24) is 0 Å². The third kappa shape index (κ3) is 6.24. The Labute approximate surface area is 104 Å². The van der Waals surface area contributed by atoms with Crippen LogP contribution in [0.3, 0.4) is 0 Å². The van der Waals surface area contributed by atoms with E-state index in [0.717, 1.165) is 12.5 Å². The van der Waals surface area contributed by atoms with Crippen LogP contribution in [0.5, 0.6) is 0 Å². The second-order valence-electron chi connectivity index (χ2n) is 3.96. The fraction of sp³-hybridized carbons (Fsp3) is 0.462. The van der Waals surface area contributed by atoms with Crippen LogP contribution in [-0.2, 0) is 20.4 Å². The van der Waals surface area contributed by atoms with E-state index in [-0.39, 0.29) is 12.6 Å². The Hall–Kier alpha value is -1.13. The summed E-state index contributed by atoms with van der Waals surface area (Å²) < 4.78 is 10.4. The summed E-state index contributed by atoms with van der Waals surface area (Å²) in [5, 5.41) is 0. The first-order chi connectivity index (χ1) is 8.22. The van der Waals surface area contributed by atoms with Crippen molar-refractivity contribution in [2.24, 2.45) is 0 Å². The van der Waals surface area contributed by atoms with Gasteiger partial charge in [-0.1, -0.05) is 30.3 Å². The van der Waals surface area contributed by atoms with E-state index < -0.39 is 9.04 Å². The van der Waals surface area contributed by atoms with Crippen LogP contribution in [0.4, 0.5) is 0 Å². The summed E-state index contributed by atoms with van der Waals surface area (Å²) in [6.07, 6.45) is 0.982. The van der Waals surface area contributed by atoms with Crippen LogP contribution >= 0.6 is 0 Å². The molecule has 17 heavy (non-hydrogen) atoms. The lowest BCUT2D eigenvalue weighted by Gasteiger charge is -2.11. The van der Waals surface area contributed by atoms with Crippen LogP contribution in [0.1, 0.15) is 12.5 Å². The number of hydrogen-bond acceptors (Lipinski definition) is 3. The van der Waals surface area contributed by atoms with Gasteiger partial charge < -0.3 is 9.16 Å². The lowest BCUT2D eigenvalue weighted by atomic mass is 10.2. The van der Waals surface area contributed by atoms with Crippen LogP contribution in [-0.4, -0.2) is 28.2 Å². The zero-order valence-corrected chi connectivity index (χ0v) is 11.7. The van der Waals surface area contributed by atoms with Gasteiger partial charge in [-0.3, -0.25) is 4.79 Å². The van der Waals surface area contributed by atoms with Crippen molar-refractivity contribution in [1.29, 1.82) is 0 Å². The number of benzene rings is 1. The lowest BCUT2D eigenvalue weighted by molar-refractivity contribution is -0.139. The summed E-state index contributed by atoms with van der Waals surface area (Å²) in [6.45, 7) is 4.55. The third-order valence-corrected chi connectivity index (χ3v) is 4.21. The standard InChI is InChI=1S/C13H20O3Si/c1-3-15-11-13(14)16-17(2)10-9-12-7-5-4-6-8-12/h4-8,17H,3,9-11H2,1-2H3. The molecule has 3 nitrogen and oxygen atoms in total. The molecule has 0 radical (unpaired) electrons. The molecule has 0 amide bonds. The molecule has 1 aromatic carbocycles. The summed E-state index contributed by atoms with van der Waals surface area (Å²) in [4.78, 5) is 11.3. The number of hydrogen-bond donors (Lipinski definition) is 0. The fourth-order valence-electron chi connectivity index (χ4n) is 1.52. The predicted molar refractivity (Wildman–Crippen MR) is 70.6 cm³/mol.